The number of nitrogens with zero attached hydrogens (tertiary/aromatic N) is 1. The van der Waals surface area contributed by atoms with Crippen molar-refractivity contribution in [3.8, 4) is 0 Å². The van der Waals surface area contributed by atoms with Gasteiger partial charge >= 0.3 is 0 Å². The Morgan fingerprint density at radius 1 is 1.25 bits per heavy atom. The van der Waals surface area contributed by atoms with Gasteiger partial charge in [-0.1, -0.05) is 20.8 Å². The Bertz CT molecular complexity index is 309. The third kappa shape index (κ3) is 3.96. The topological polar surface area (TPSA) is 24.5 Å². The van der Waals surface area contributed by atoms with Crippen LogP contribution in [0.4, 0.5) is 0 Å². The maximum atomic E-state index is 5.18. The number of ether oxygens (including phenoxy) is 1. The molecule has 1 N–H and O–H groups in total. The molecule has 1 saturated heterocycles. The first-order valence-electron chi connectivity index (χ1n) is 8.35. The van der Waals surface area contributed by atoms with Crippen LogP contribution in [0.15, 0.2) is 0 Å². The van der Waals surface area contributed by atoms with Crippen LogP contribution in [0.1, 0.15) is 53.4 Å². The van der Waals surface area contributed by atoms with Gasteiger partial charge in [-0.3, -0.25) is 4.90 Å². The van der Waals surface area contributed by atoms with Crippen LogP contribution >= 0.6 is 0 Å². The van der Waals surface area contributed by atoms with Crippen molar-refractivity contribution in [3.63, 3.8) is 0 Å². The van der Waals surface area contributed by atoms with Gasteiger partial charge in [0.15, 0.2) is 0 Å². The molecule has 0 aromatic rings. The molecule has 1 aliphatic heterocycles. The molecular weight excluding hydrogens is 248 g/mol. The normalized spacial score (nSPS) is 32.5. The molecule has 2 atom stereocenters. The van der Waals surface area contributed by atoms with Crippen LogP contribution in [0, 0.1) is 11.3 Å². The summed E-state index contributed by atoms with van der Waals surface area (Å²) >= 11 is 0. The largest absolute Gasteiger partial charge is 0.385 e. The van der Waals surface area contributed by atoms with Crippen LogP contribution in [0.5, 0.6) is 0 Å². The third-order valence-corrected chi connectivity index (χ3v) is 5.19. The number of piperazine rings is 1. The Morgan fingerprint density at radius 2 is 1.95 bits per heavy atom. The SMILES string of the molecule is COCCCCN1CC(C)(C2CC2)NCC1C(C)(C)C. The number of nitrogens with one attached hydrogen (secondary N) is 1. The van der Waals surface area contributed by atoms with Gasteiger partial charge in [0.05, 0.1) is 0 Å². The molecule has 1 aliphatic carbocycles. The highest BCUT2D eigenvalue weighted by Gasteiger charge is 2.47. The van der Waals surface area contributed by atoms with Crippen molar-refractivity contribution in [1.82, 2.24) is 10.2 Å². The predicted octanol–water partition coefficient (Wildman–Crippen LogP) is 2.90. The summed E-state index contributed by atoms with van der Waals surface area (Å²) < 4.78 is 5.18. The van der Waals surface area contributed by atoms with Crippen molar-refractivity contribution in [1.29, 1.82) is 0 Å². The lowest BCUT2D eigenvalue weighted by atomic mass is 9.80. The average Bonchev–Trinajstić information content (AvgIpc) is 3.17. The lowest BCUT2D eigenvalue weighted by Crippen LogP contribution is -2.66. The van der Waals surface area contributed by atoms with Gasteiger partial charge in [0.25, 0.3) is 0 Å². The van der Waals surface area contributed by atoms with E-state index in [9.17, 15) is 0 Å². The van der Waals surface area contributed by atoms with Crippen LogP contribution in [0.2, 0.25) is 0 Å². The highest BCUT2D eigenvalue weighted by molar-refractivity contribution is 5.05. The highest BCUT2D eigenvalue weighted by atomic mass is 16.5. The maximum Gasteiger partial charge on any atom is 0.0462 e. The van der Waals surface area contributed by atoms with Crippen molar-refractivity contribution in [2.45, 2.75) is 65.0 Å². The summed E-state index contributed by atoms with van der Waals surface area (Å²) in [5, 5.41) is 3.88. The van der Waals surface area contributed by atoms with E-state index in [-0.39, 0.29) is 0 Å². The summed E-state index contributed by atoms with van der Waals surface area (Å²) in [6, 6.07) is 0.650. The minimum Gasteiger partial charge on any atom is -0.385 e. The minimum absolute atomic E-state index is 0.346. The predicted molar refractivity (Wildman–Crippen MR) is 85.1 cm³/mol. The van der Waals surface area contributed by atoms with E-state index in [4.69, 9.17) is 4.74 Å². The van der Waals surface area contributed by atoms with Gasteiger partial charge in [0.1, 0.15) is 0 Å². The van der Waals surface area contributed by atoms with Crippen LogP contribution in [-0.2, 0) is 4.74 Å². The zero-order valence-corrected chi connectivity index (χ0v) is 14.2. The molecule has 0 spiro atoms. The van der Waals surface area contributed by atoms with Crippen molar-refractivity contribution in [2.24, 2.45) is 11.3 Å². The molecule has 0 amide bonds. The number of hydrogen-bond acceptors (Lipinski definition) is 3. The van der Waals surface area contributed by atoms with Crippen molar-refractivity contribution < 1.29 is 4.74 Å². The summed E-state index contributed by atoms with van der Waals surface area (Å²) in [4.78, 5) is 2.75. The molecule has 2 fully saturated rings. The third-order valence-electron chi connectivity index (χ3n) is 5.19. The standard InChI is InChI=1S/C17H34N2O/c1-16(2,3)15-12-18-17(4,14-8-9-14)13-19(15)10-6-7-11-20-5/h14-15,18H,6-13H2,1-5H3. The van der Waals surface area contributed by atoms with E-state index in [1.54, 1.807) is 7.11 Å². The molecule has 3 nitrogen and oxygen atoms in total. The van der Waals surface area contributed by atoms with Crippen molar-refractivity contribution in [2.75, 3.05) is 33.4 Å². The van der Waals surface area contributed by atoms with Crippen LogP contribution in [0.3, 0.4) is 0 Å². The first-order chi connectivity index (χ1) is 9.37. The van der Waals surface area contributed by atoms with Crippen molar-refractivity contribution >= 4 is 0 Å². The maximum absolute atomic E-state index is 5.18. The Balaban J connectivity index is 1.95. The van der Waals surface area contributed by atoms with Crippen molar-refractivity contribution in [3.05, 3.63) is 0 Å². The Morgan fingerprint density at radius 3 is 2.50 bits per heavy atom. The van der Waals surface area contributed by atoms with E-state index in [2.05, 4.69) is 37.9 Å². The number of rotatable bonds is 6. The van der Waals surface area contributed by atoms with Gasteiger partial charge < -0.3 is 10.1 Å². The number of hydrogen-bond donors (Lipinski definition) is 1. The molecule has 0 aromatic heterocycles. The summed E-state index contributed by atoms with van der Waals surface area (Å²) in [6.07, 6.45) is 5.26. The lowest BCUT2D eigenvalue weighted by molar-refractivity contribution is 0.0182. The second-order valence-corrected chi connectivity index (χ2v) is 8.12. The fourth-order valence-electron chi connectivity index (χ4n) is 3.69. The lowest BCUT2D eigenvalue weighted by Gasteiger charge is -2.51. The zero-order chi connectivity index (χ0) is 14.8. The second-order valence-electron chi connectivity index (χ2n) is 8.12. The van der Waals surface area contributed by atoms with Gasteiger partial charge in [-0.2, -0.15) is 0 Å². The fourth-order valence-corrected chi connectivity index (χ4v) is 3.69. The van der Waals surface area contributed by atoms with Gasteiger partial charge in [-0.25, -0.2) is 0 Å². The van der Waals surface area contributed by atoms with E-state index in [0.717, 1.165) is 19.1 Å². The molecule has 1 heterocycles. The molecular formula is C17H34N2O. The average molecular weight is 282 g/mol. The molecule has 1 saturated carbocycles. The van der Waals surface area contributed by atoms with E-state index in [0.29, 0.717) is 17.0 Å². The molecule has 2 rings (SSSR count). The Hall–Kier alpha value is -0.120. The zero-order valence-electron chi connectivity index (χ0n) is 14.2. The molecule has 2 aliphatic rings. The van der Waals surface area contributed by atoms with Crippen LogP contribution in [0.25, 0.3) is 0 Å². The molecule has 0 radical (unpaired) electrons. The van der Waals surface area contributed by atoms with E-state index >= 15 is 0 Å². The van der Waals surface area contributed by atoms with Gasteiger partial charge in [-0.05, 0) is 50.5 Å². The van der Waals surface area contributed by atoms with Gasteiger partial charge in [0, 0.05) is 38.4 Å². The quantitative estimate of drug-likeness (QED) is 0.758. The summed E-state index contributed by atoms with van der Waals surface area (Å²) in [7, 11) is 1.80. The summed E-state index contributed by atoms with van der Waals surface area (Å²) in [5.41, 5.74) is 0.697. The van der Waals surface area contributed by atoms with Gasteiger partial charge in [0.2, 0.25) is 0 Å². The molecule has 0 bridgehead atoms. The summed E-state index contributed by atoms with van der Waals surface area (Å²) in [5.74, 6) is 0.907. The van der Waals surface area contributed by atoms with Crippen LogP contribution < -0.4 is 5.32 Å². The Kier molecular flexibility index (Phi) is 5.14. The smallest absolute Gasteiger partial charge is 0.0462 e. The first kappa shape index (κ1) is 16.3. The number of unbranched alkanes of at least 4 members (excludes halogenated alkanes) is 1. The van der Waals surface area contributed by atoms with Crippen LogP contribution in [-0.4, -0.2) is 49.8 Å². The molecule has 118 valence electrons. The molecule has 0 aromatic carbocycles. The number of methoxy groups -OCH3 is 1. The molecule has 2 unspecified atom stereocenters. The molecule has 3 heteroatoms. The second kappa shape index (κ2) is 6.33. The first-order valence-corrected chi connectivity index (χ1v) is 8.35. The van der Waals surface area contributed by atoms with E-state index in [1.807, 2.05) is 0 Å². The minimum atomic E-state index is 0.346. The van der Waals surface area contributed by atoms with E-state index in [1.165, 1.54) is 38.8 Å². The summed E-state index contributed by atoms with van der Waals surface area (Å²) in [6.45, 7) is 14.0. The monoisotopic (exact) mass is 282 g/mol. The Labute approximate surface area is 125 Å². The van der Waals surface area contributed by atoms with E-state index < -0.39 is 0 Å². The molecule has 20 heavy (non-hydrogen) atoms. The highest BCUT2D eigenvalue weighted by Crippen LogP contribution is 2.42. The fraction of sp³-hybridized carbons (Fsp3) is 1.00. The van der Waals surface area contributed by atoms with Gasteiger partial charge in [-0.15, -0.1) is 0 Å².